The summed E-state index contributed by atoms with van der Waals surface area (Å²) in [6.45, 7) is 2.61. The number of fused-ring (bicyclic) bond motifs is 1. The molecule has 2 atom stereocenters. The van der Waals surface area contributed by atoms with Crippen molar-refractivity contribution < 1.29 is 4.65 Å². The monoisotopic (exact) mass is 276 g/mol. The van der Waals surface area contributed by atoms with E-state index in [1.165, 1.54) is 30.4 Å². The van der Waals surface area contributed by atoms with Crippen LogP contribution in [0.25, 0.3) is 0 Å². The van der Waals surface area contributed by atoms with Gasteiger partial charge in [0.15, 0.2) is 0 Å². The molecule has 0 bridgehead atoms. The van der Waals surface area contributed by atoms with Gasteiger partial charge in [-0.15, -0.1) is 0 Å². The second kappa shape index (κ2) is 5.03. The predicted molar refractivity (Wildman–Crippen MR) is 87.5 cm³/mol. The van der Waals surface area contributed by atoms with E-state index in [0.717, 1.165) is 0 Å². The Morgan fingerprint density at radius 1 is 0.905 bits per heavy atom. The molecule has 21 heavy (non-hydrogen) atoms. The van der Waals surface area contributed by atoms with Gasteiger partial charge in [-0.25, -0.2) is 0 Å². The van der Waals surface area contributed by atoms with Crippen molar-refractivity contribution in [2.45, 2.75) is 37.5 Å². The van der Waals surface area contributed by atoms with Crippen molar-refractivity contribution >= 4 is 6.92 Å². The zero-order chi connectivity index (χ0) is 14.3. The van der Waals surface area contributed by atoms with E-state index in [1.807, 2.05) is 0 Å². The summed E-state index contributed by atoms with van der Waals surface area (Å²) in [6.07, 6.45) is 3.93. The van der Waals surface area contributed by atoms with Crippen molar-refractivity contribution in [1.29, 1.82) is 0 Å². The molecule has 1 unspecified atom stereocenters. The maximum atomic E-state index is 6.69. The molecule has 0 aromatic heterocycles. The SMILES string of the molecule is CB1OC(c2ccccc2)(c2ccccc2)[C@H]2CCCC12. The third-order valence-electron chi connectivity index (χ3n) is 5.47. The van der Waals surface area contributed by atoms with E-state index >= 15 is 0 Å². The molecule has 1 aliphatic carbocycles. The van der Waals surface area contributed by atoms with E-state index in [-0.39, 0.29) is 5.60 Å². The van der Waals surface area contributed by atoms with Crippen molar-refractivity contribution in [2.24, 2.45) is 5.92 Å². The highest BCUT2D eigenvalue weighted by Gasteiger charge is 2.57. The van der Waals surface area contributed by atoms with Crippen LogP contribution in [0.4, 0.5) is 0 Å². The molecule has 1 saturated carbocycles. The summed E-state index contributed by atoms with van der Waals surface area (Å²) in [4.78, 5) is 0. The molecule has 0 amide bonds. The highest BCUT2D eigenvalue weighted by atomic mass is 16.5. The molecule has 106 valence electrons. The number of hydrogen-bond donors (Lipinski definition) is 0. The lowest BCUT2D eigenvalue weighted by atomic mass is 9.56. The fourth-order valence-electron chi connectivity index (χ4n) is 4.63. The first-order valence-corrected chi connectivity index (χ1v) is 8.11. The summed E-state index contributed by atoms with van der Waals surface area (Å²) in [7, 11) is 0. The Hall–Kier alpha value is -1.54. The van der Waals surface area contributed by atoms with Crippen LogP contribution < -0.4 is 0 Å². The summed E-state index contributed by atoms with van der Waals surface area (Å²) in [6, 6.07) is 21.7. The number of hydrogen-bond acceptors (Lipinski definition) is 1. The fourth-order valence-corrected chi connectivity index (χ4v) is 4.63. The molecule has 0 N–H and O–H groups in total. The Morgan fingerprint density at radius 3 is 2.05 bits per heavy atom. The quantitative estimate of drug-likeness (QED) is 0.719. The predicted octanol–water partition coefficient (Wildman–Crippen LogP) is 4.75. The molecule has 4 rings (SSSR count). The van der Waals surface area contributed by atoms with Crippen LogP contribution in [0.2, 0.25) is 12.6 Å². The number of benzene rings is 2. The van der Waals surface area contributed by atoms with Gasteiger partial charge >= 0.3 is 0 Å². The fraction of sp³-hybridized carbons (Fsp3) is 0.368. The Morgan fingerprint density at radius 2 is 1.48 bits per heavy atom. The van der Waals surface area contributed by atoms with Gasteiger partial charge in [-0.3, -0.25) is 0 Å². The molecule has 1 saturated heterocycles. The molecule has 2 heteroatoms. The standard InChI is InChI=1S/C19H21BO/c1-20-18-14-8-13-17(18)19(21-20,15-9-4-2-5-10-15)16-11-6-3-7-12-16/h2-7,9-12,17-18H,8,13-14H2,1H3/t17-,18?/m0/s1. The molecule has 2 fully saturated rings. The van der Waals surface area contributed by atoms with Gasteiger partial charge in [0.25, 0.3) is 6.92 Å². The highest BCUT2D eigenvalue weighted by molar-refractivity contribution is 6.53. The average molecular weight is 276 g/mol. The summed E-state index contributed by atoms with van der Waals surface area (Å²) in [5.74, 6) is 1.31. The maximum Gasteiger partial charge on any atom is 0.295 e. The summed E-state index contributed by atoms with van der Waals surface area (Å²) in [5, 5.41) is 0. The van der Waals surface area contributed by atoms with E-state index < -0.39 is 0 Å². The van der Waals surface area contributed by atoms with Gasteiger partial charge < -0.3 is 4.65 Å². The summed E-state index contributed by atoms with van der Waals surface area (Å²) in [5.41, 5.74) is 2.39. The normalized spacial score (nSPS) is 26.8. The molecule has 2 aliphatic rings. The van der Waals surface area contributed by atoms with Gasteiger partial charge in [0, 0.05) is 0 Å². The Kier molecular flexibility index (Phi) is 3.15. The number of rotatable bonds is 2. The van der Waals surface area contributed by atoms with Crippen LogP contribution in [0.5, 0.6) is 0 Å². The highest BCUT2D eigenvalue weighted by Crippen LogP contribution is 2.59. The molecule has 0 spiro atoms. The van der Waals surface area contributed by atoms with Crippen LogP contribution in [-0.4, -0.2) is 6.92 Å². The minimum absolute atomic E-state index is 0.247. The summed E-state index contributed by atoms with van der Waals surface area (Å²) >= 11 is 0. The third-order valence-corrected chi connectivity index (χ3v) is 5.47. The van der Waals surface area contributed by atoms with Gasteiger partial charge in [-0.2, -0.15) is 0 Å². The van der Waals surface area contributed by atoms with Crippen LogP contribution in [0.3, 0.4) is 0 Å². The van der Waals surface area contributed by atoms with E-state index in [9.17, 15) is 0 Å². The van der Waals surface area contributed by atoms with Gasteiger partial charge in [-0.05, 0) is 29.3 Å². The zero-order valence-electron chi connectivity index (χ0n) is 12.5. The van der Waals surface area contributed by atoms with Gasteiger partial charge in [0.05, 0.1) is 0 Å². The van der Waals surface area contributed by atoms with E-state index in [1.54, 1.807) is 0 Å². The van der Waals surface area contributed by atoms with Crippen molar-refractivity contribution in [2.75, 3.05) is 0 Å². The van der Waals surface area contributed by atoms with Crippen LogP contribution in [0, 0.1) is 5.92 Å². The first-order valence-electron chi connectivity index (χ1n) is 8.11. The molecular formula is C19H21BO. The van der Waals surface area contributed by atoms with E-state index in [4.69, 9.17) is 4.65 Å². The Labute approximate surface area is 127 Å². The second-order valence-corrected chi connectivity index (χ2v) is 6.49. The smallest absolute Gasteiger partial charge is 0.295 e. The molecular weight excluding hydrogens is 255 g/mol. The van der Waals surface area contributed by atoms with Gasteiger partial charge in [0.2, 0.25) is 0 Å². The molecule has 2 aromatic rings. The minimum atomic E-state index is -0.247. The second-order valence-electron chi connectivity index (χ2n) is 6.49. The molecule has 1 heterocycles. The van der Waals surface area contributed by atoms with Crippen LogP contribution in [0.15, 0.2) is 60.7 Å². The summed E-state index contributed by atoms with van der Waals surface area (Å²) < 4.78 is 6.69. The zero-order valence-corrected chi connectivity index (χ0v) is 12.5. The molecule has 2 aromatic carbocycles. The van der Waals surface area contributed by atoms with E-state index in [0.29, 0.717) is 18.7 Å². The lowest BCUT2D eigenvalue weighted by molar-refractivity contribution is 0.0843. The molecule has 0 radical (unpaired) electrons. The largest absolute Gasteiger partial charge is 0.423 e. The van der Waals surface area contributed by atoms with Gasteiger partial charge in [-0.1, -0.05) is 80.3 Å². The van der Waals surface area contributed by atoms with Crippen molar-refractivity contribution in [3.05, 3.63) is 71.8 Å². The van der Waals surface area contributed by atoms with Crippen LogP contribution >= 0.6 is 0 Å². The molecule has 1 nitrogen and oxygen atoms in total. The van der Waals surface area contributed by atoms with Crippen molar-refractivity contribution in [1.82, 2.24) is 0 Å². The lowest BCUT2D eigenvalue weighted by Crippen LogP contribution is -2.34. The lowest BCUT2D eigenvalue weighted by Gasteiger charge is -2.37. The minimum Gasteiger partial charge on any atom is -0.423 e. The van der Waals surface area contributed by atoms with Crippen LogP contribution in [0.1, 0.15) is 30.4 Å². The first-order chi connectivity index (χ1) is 10.3. The first kappa shape index (κ1) is 13.2. The van der Waals surface area contributed by atoms with Crippen LogP contribution in [-0.2, 0) is 10.3 Å². The maximum absolute atomic E-state index is 6.69. The van der Waals surface area contributed by atoms with Crippen molar-refractivity contribution in [3.8, 4) is 0 Å². The van der Waals surface area contributed by atoms with E-state index in [2.05, 4.69) is 67.5 Å². The Bertz CT molecular complexity index is 570. The van der Waals surface area contributed by atoms with Gasteiger partial charge in [0.1, 0.15) is 5.60 Å². The van der Waals surface area contributed by atoms with Crippen molar-refractivity contribution in [3.63, 3.8) is 0 Å². The average Bonchev–Trinajstić information content (AvgIpc) is 3.13. The topological polar surface area (TPSA) is 9.23 Å². The third kappa shape index (κ3) is 1.89. The Balaban J connectivity index is 1.92. The molecule has 1 aliphatic heterocycles.